The molecule has 0 aromatic heterocycles. The Balaban J connectivity index is 3.73. The molecule has 2 unspecified atom stereocenters. The second kappa shape index (κ2) is 4.65. The van der Waals surface area contributed by atoms with Gasteiger partial charge in [-0.15, -0.1) is 0 Å². The van der Waals surface area contributed by atoms with Crippen molar-refractivity contribution >= 4 is 0 Å². The minimum absolute atomic E-state index is 0.0880. The van der Waals surface area contributed by atoms with E-state index in [9.17, 15) is 8.78 Å². The van der Waals surface area contributed by atoms with E-state index >= 15 is 0 Å². The molecule has 2 atom stereocenters. The van der Waals surface area contributed by atoms with Gasteiger partial charge in [0.1, 0.15) is 0 Å². The number of alkyl halides is 2. The Labute approximate surface area is 67.0 Å². The fraction of sp³-hybridized carbons (Fsp3) is 1.00. The lowest BCUT2D eigenvalue weighted by Crippen LogP contribution is -2.36. The molecule has 0 aliphatic carbocycles. The summed E-state index contributed by atoms with van der Waals surface area (Å²) in [5.41, 5.74) is 5.26. The molecular weight excluding hydrogens is 148 g/mol. The fourth-order valence-electron chi connectivity index (χ4n) is 1.15. The van der Waals surface area contributed by atoms with Crippen molar-refractivity contribution in [2.45, 2.75) is 39.7 Å². The van der Waals surface area contributed by atoms with E-state index in [2.05, 4.69) is 0 Å². The molecule has 68 valence electrons. The van der Waals surface area contributed by atoms with E-state index in [0.717, 1.165) is 6.42 Å². The second-order valence-electron chi connectivity index (χ2n) is 3.52. The highest BCUT2D eigenvalue weighted by atomic mass is 19.3. The molecule has 3 heteroatoms. The molecule has 0 amide bonds. The van der Waals surface area contributed by atoms with Gasteiger partial charge in [-0.25, -0.2) is 8.78 Å². The van der Waals surface area contributed by atoms with Gasteiger partial charge in [-0.3, -0.25) is 0 Å². The average molecular weight is 165 g/mol. The van der Waals surface area contributed by atoms with Crippen LogP contribution in [0, 0.1) is 11.8 Å². The van der Waals surface area contributed by atoms with E-state index < -0.39 is 12.5 Å². The summed E-state index contributed by atoms with van der Waals surface area (Å²) in [6.45, 7) is 5.79. The largest absolute Gasteiger partial charge is 0.323 e. The van der Waals surface area contributed by atoms with E-state index in [4.69, 9.17) is 5.73 Å². The Kier molecular flexibility index (Phi) is 4.57. The number of hydrogen-bond acceptors (Lipinski definition) is 1. The molecule has 0 bridgehead atoms. The zero-order chi connectivity index (χ0) is 9.02. The first-order valence-electron chi connectivity index (χ1n) is 3.98. The van der Waals surface area contributed by atoms with Crippen LogP contribution in [0.1, 0.15) is 27.2 Å². The van der Waals surface area contributed by atoms with Crippen LogP contribution in [0.2, 0.25) is 0 Å². The lowest BCUT2D eigenvalue weighted by molar-refractivity contribution is 0.0871. The Morgan fingerprint density at radius 3 is 1.91 bits per heavy atom. The highest BCUT2D eigenvalue weighted by molar-refractivity contribution is 4.72. The monoisotopic (exact) mass is 165 g/mol. The molecule has 0 aliphatic rings. The first-order valence-corrected chi connectivity index (χ1v) is 3.98. The molecule has 0 aromatic rings. The zero-order valence-corrected chi connectivity index (χ0v) is 7.35. The topological polar surface area (TPSA) is 26.0 Å². The predicted octanol–water partition coefficient (Wildman–Crippen LogP) is 2.26. The van der Waals surface area contributed by atoms with E-state index in [-0.39, 0.29) is 5.92 Å². The van der Waals surface area contributed by atoms with Crippen LogP contribution in [-0.2, 0) is 0 Å². The van der Waals surface area contributed by atoms with Crippen LogP contribution in [0.5, 0.6) is 0 Å². The third kappa shape index (κ3) is 4.30. The van der Waals surface area contributed by atoms with Crippen LogP contribution < -0.4 is 5.73 Å². The summed E-state index contributed by atoms with van der Waals surface area (Å²) in [5, 5.41) is 0. The third-order valence-electron chi connectivity index (χ3n) is 1.79. The summed E-state index contributed by atoms with van der Waals surface area (Å²) in [7, 11) is 0. The van der Waals surface area contributed by atoms with Crippen LogP contribution in [0.3, 0.4) is 0 Å². The Morgan fingerprint density at radius 1 is 1.18 bits per heavy atom. The molecule has 0 rings (SSSR count). The van der Waals surface area contributed by atoms with Gasteiger partial charge in [-0.2, -0.15) is 0 Å². The van der Waals surface area contributed by atoms with Crippen molar-refractivity contribution in [1.29, 1.82) is 0 Å². The second-order valence-corrected chi connectivity index (χ2v) is 3.52. The molecular formula is C8H17F2N. The van der Waals surface area contributed by atoms with Gasteiger partial charge in [0.25, 0.3) is 6.43 Å². The normalized spacial score (nSPS) is 17.5. The summed E-state index contributed by atoms with van der Waals surface area (Å²) >= 11 is 0. The number of nitrogens with two attached hydrogens (primary N) is 1. The molecule has 0 heterocycles. The van der Waals surface area contributed by atoms with Gasteiger partial charge >= 0.3 is 0 Å². The maximum absolute atomic E-state index is 12.0. The fourth-order valence-corrected chi connectivity index (χ4v) is 1.15. The van der Waals surface area contributed by atoms with Crippen LogP contribution >= 0.6 is 0 Å². The Hall–Kier alpha value is -0.180. The van der Waals surface area contributed by atoms with E-state index in [1.807, 2.05) is 13.8 Å². The third-order valence-corrected chi connectivity index (χ3v) is 1.79. The first kappa shape index (κ1) is 10.8. The van der Waals surface area contributed by atoms with Crippen molar-refractivity contribution in [3.8, 4) is 0 Å². The maximum atomic E-state index is 12.0. The summed E-state index contributed by atoms with van der Waals surface area (Å²) < 4.78 is 24.0. The minimum Gasteiger partial charge on any atom is -0.323 e. The molecule has 0 fully saturated rings. The molecule has 0 aliphatic heterocycles. The van der Waals surface area contributed by atoms with Crippen LogP contribution in [0.25, 0.3) is 0 Å². The molecule has 0 aromatic carbocycles. The van der Waals surface area contributed by atoms with Crippen LogP contribution in [0.15, 0.2) is 0 Å². The predicted molar refractivity (Wildman–Crippen MR) is 42.6 cm³/mol. The smallest absolute Gasteiger partial charge is 0.253 e. The SMILES string of the molecule is CC(C)CC(C)C(N)C(F)F. The average Bonchev–Trinajstić information content (AvgIpc) is 1.84. The molecule has 0 saturated heterocycles. The highest BCUT2D eigenvalue weighted by Crippen LogP contribution is 2.17. The molecule has 0 saturated carbocycles. The van der Waals surface area contributed by atoms with Gasteiger partial charge in [0.05, 0.1) is 6.04 Å². The number of rotatable bonds is 4. The first-order chi connectivity index (χ1) is 4.95. The number of halogens is 2. The van der Waals surface area contributed by atoms with Crippen molar-refractivity contribution in [2.24, 2.45) is 17.6 Å². The molecule has 2 N–H and O–H groups in total. The lowest BCUT2D eigenvalue weighted by Gasteiger charge is -2.20. The van der Waals surface area contributed by atoms with Crippen molar-refractivity contribution in [1.82, 2.24) is 0 Å². The summed E-state index contributed by atoms with van der Waals surface area (Å²) in [6.07, 6.45) is -1.62. The lowest BCUT2D eigenvalue weighted by atomic mass is 9.93. The minimum atomic E-state index is -2.39. The van der Waals surface area contributed by atoms with Crippen molar-refractivity contribution in [3.05, 3.63) is 0 Å². The van der Waals surface area contributed by atoms with Gasteiger partial charge < -0.3 is 5.73 Å². The quantitative estimate of drug-likeness (QED) is 0.679. The zero-order valence-electron chi connectivity index (χ0n) is 7.35. The van der Waals surface area contributed by atoms with E-state index in [0.29, 0.717) is 5.92 Å². The van der Waals surface area contributed by atoms with Gasteiger partial charge in [0, 0.05) is 0 Å². The highest BCUT2D eigenvalue weighted by Gasteiger charge is 2.22. The van der Waals surface area contributed by atoms with Crippen molar-refractivity contribution < 1.29 is 8.78 Å². The van der Waals surface area contributed by atoms with Crippen LogP contribution in [0.4, 0.5) is 8.78 Å². The van der Waals surface area contributed by atoms with Crippen LogP contribution in [-0.4, -0.2) is 12.5 Å². The molecule has 1 nitrogen and oxygen atoms in total. The van der Waals surface area contributed by atoms with E-state index in [1.165, 1.54) is 0 Å². The molecule has 0 radical (unpaired) electrons. The Bertz CT molecular complexity index is 104. The standard InChI is InChI=1S/C8H17F2N/c1-5(2)4-6(3)7(11)8(9)10/h5-8H,4,11H2,1-3H3. The number of hydrogen-bond donors (Lipinski definition) is 1. The summed E-state index contributed by atoms with van der Waals surface area (Å²) in [5.74, 6) is 0.352. The Morgan fingerprint density at radius 2 is 1.64 bits per heavy atom. The van der Waals surface area contributed by atoms with Gasteiger partial charge in [0.2, 0.25) is 0 Å². The van der Waals surface area contributed by atoms with Gasteiger partial charge in [0.15, 0.2) is 0 Å². The van der Waals surface area contributed by atoms with Crippen molar-refractivity contribution in [3.63, 3.8) is 0 Å². The van der Waals surface area contributed by atoms with Gasteiger partial charge in [-0.1, -0.05) is 20.8 Å². The van der Waals surface area contributed by atoms with Crippen molar-refractivity contribution in [2.75, 3.05) is 0 Å². The molecule has 0 spiro atoms. The maximum Gasteiger partial charge on any atom is 0.253 e. The van der Waals surface area contributed by atoms with Gasteiger partial charge in [-0.05, 0) is 18.3 Å². The summed E-state index contributed by atoms with van der Waals surface area (Å²) in [4.78, 5) is 0. The molecule has 11 heavy (non-hydrogen) atoms. The summed E-state index contributed by atoms with van der Waals surface area (Å²) in [6, 6.07) is -0.961. The van der Waals surface area contributed by atoms with E-state index in [1.54, 1.807) is 6.92 Å².